The predicted molar refractivity (Wildman–Crippen MR) is 72.6 cm³/mol. The summed E-state index contributed by atoms with van der Waals surface area (Å²) >= 11 is 0. The van der Waals surface area contributed by atoms with E-state index in [1.54, 1.807) is 0 Å². The van der Waals surface area contributed by atoms with Gasteiger partial charge in [0.15, 0.2) is 0 Å². The van der Waals surface area contributed by atoms with Gasteiger partial charge in [-0.25, -0.2) is 0 Å². The second kappa shape index (κ2) is 36.0. The largest absolute Gasteiger partial charge is 0.481 e. The molecule has 9 N–H and O–H groups in total. The van der Waals surface area contributed by atoms with Crippen molar-refractivity contribution in [3.05, 3.63) is 12.8 Å². The first-order chi connectivity index (χ1) is 8.34. The van der Waals surface area contributed by atoms with E-state index in [2.05, 4.69) is 12.3 Å². The number of nitrogens with two attached hydrogens (primary N) is 1. The Labute approximate surface area is 117 Å². The Morgan fingerprint density at radius 3 is 0.750 bits per heavy atom. The molecule has 0 saturated carbocycles. The molecule has 0 aromatic carbocycles. The van der Waals surface area contributed by atoms with Crippen molar-refractivity contribution in [1.82, 2.24) is 6.15 Å². The van der Waals surface area contributed by atoms with Gasteiger partial charge in [-0.15, -0.1) is 0 Å². The zero-order valence-corrected chi connectivity index (χ0v) is 12.0. The van der Waals surface area contributed by atoms with Crippen LogP contribution in [0.1, 0.15) is 27.7 Å². The first-order valence-electron chi connectivity index (χ1n) is 4.45. The summed E-state index contributed by atoms with van der Waals surface area (Å²) in [7, 11) is 0. The minimum Gasteiger partial charge on any atom is -0.481 e. The van der Waals surface area contributed by atoms with Gasteiger partial charge in [-0.2, -0.15) is 0 Å². The second-order valence-electron chi connectivity index (χ2n) is 2.31. The van der Waals surface area contributed by atoms with E-state index in [0.29, 0.717) is 0 Å². The number of hydrogen-bond donors (Lipinski definition) is 6. The molecule has 0 amide bonds. The van der Waals surface area contributed by atoms with Crippen LogP contribution in [0.15, 0.2) is 12.8 Å². The van der Waals surface area contributed by atoms with Crippen LogP contribution in [-0.2, 0) is 19.2 Å². The molecule has 0 fully saturated rings. The van der Waals surface area contributed by atoms with Crippen molar-refractivity contribution >= 4 is 23.9 Å². The highest BCUT2D eigenvalue weighted by Gasteiger charge is 1.66. The molecule has 0 rings (SSSR count). The van der Waals surface area contributed by atoms with E-state index in [4.69, 9.17) is 39.6 Å². The van der Waals surface area contributed by atoms with Crippen LogP contribution < -0.4 is 11.9 Å². The lowest BCUT2D eigenvalue weighted by atomic mass is 10.9. The first-order valence-corrected chi connectivity index (χ1v) is 4.45. The minimum atomic E-state index is -0.833. The summed E-state index contributed by atoms with van der Waals surface area (Å²) in [6.07, 6.45) is 1.25. The Morgan fingerprint density at radius 2 is 0.750 bits per heavy atom. The third kappa shape index (κ3) is 463. The van der Waals surface area contributed by atoms with Gasteiger partial charge in [0.2, 0.25) is 0 Å². The fourth-order valence-corrected chi connectivity index (χ4v) is 0. The Kier molecular flexibility index (Phi) is 64.7. The van der Waals surface area contributed by atoms with Gasteiger partial charge in [0, 0.05) is 27.7 Å². The standard InChI is InChI=1S/C2H5N.4C2H4O2.H3N/c1-2-3;4*1-2(3)4;/h2H,1,3H2;4*1H3,(H,3,4);1H3. The van der Waals surface area contributed by atoms with Crippen LogP contribution in [0.4, 0.5) is 0 Å². The van der Waals surface area contributed by atoms with Crippen molar-refractivity contribution in [2.24, 2.45) is 5.73 Å². The minimum absolute atomic E-state index is 0. The van der Waals surface area contributed by atoms with Crippen molar-refractivity contribution in [3.8, 4) is 0 Å². The van der Waals surface area contributed by atoms with E-state index in [9.17, 15) is 0 Å². The predicted octanol–water partition coefficient (Wildman–Crippen LogP) is 0.614. The molecule has 0 spiro atoms. The van der Waals surface area contributed by atoms with Crippen molar-refractivity contribution in [1.29, 1.82) is 0 Å². The topological polar surface area (TPSA) is 210 Å². The van der Waals surface area contributed by atoms with E-state index in [1.165, 1.54) is 6.20 Å². The molecule has 10 nitrogen and oxygen atoms in total. The zero-order valence-electron chi connectivity index (χ0n) is 12.0. The van der Waals surface area contributed by atoms with Crippen LogP contribution >= 0.6 is 0 Å². The van der Waals surface area contributed by atoms with Gasteiger partial charge < -0.3 is 32.3 Å². The van der Waals surface area contributed by atoms with Crippen LogP contribution in [0.25, 0.3) is 0 Å². The molecule has 0 bridgehead atoms. The number of aliphatic carboxylic acids is 4. The van der Waals surface area contributed by atoms with Gasteiger partial charge in [-0.3, -0.25) is 19.2 Å². The maximum absolute atomic E-state index is 9.00. The smallest absolute Gasteiger partial charge is 0.300 e. The normalized spacial score (nSPS) is 5.60. The van der Waals surface area contributed by atoms with Crippen LogP contribution in [0.3, 0.4) is 0 Å². The summed E-state index contributed by atoms with van der Waals surface area (Å²) in [6, 6.07) is 0. The van der Waals surface area contributed by atoms with Gasteiger partial charge in [0.05, 0.1) is 0 Å². The number of rotatable bonds is 0. The fourth-order valence-electron chi connectivity index (χ4n) is 0. The van der Waals surface area contributed by atoms with E-state index in [1.807, 2.05) is 0 Å². The highest BCUT2D eigenvalue weighted by molar-refractivity contribution is 5.63. The van der Waals surface area contributed by atoms with Crippen molar-refractivity contribution in [2.45, 2.75) is 27.7 Å². The van der Waals surface area contributed by atoms with E-state index >= 15 is 0 Å². The molecule has 0 aliphatic heterocycles. The Balaban J connectivity index is -0.0000000304. The SMILES string of the molecule is C=CN.CC(=O)O.CC(=O)O.CC(=O)O.CC(=O)O.N. The van der Waals surface area contributed by atoms with Crippen molar-refractivity contribution in [2.75, 3.05) is 0 Å². The summed E-state index contributed by atoms with van der Waals surface area (Å²) in [4.78, 5) is 36.0. The van der Waals surface area contributed by atoms with Gasteiger partial charge >= 0.3 is 0 Å². The lowest BCUT2D eigenvalue weighted by Gasteiger charge is -1.59. The summed E-state index contributed by atoms with van der Waals surface area (Å²) in [6.45, 7) is 7.47. The van der Waals surface area contributed by atoms with Crippen LogP contribution in [0.2, 0.25) is 0 Å². The van der Waals surface area contributed by atoms with Crippen LogP contribution in [0, 0.1) is 0 Å². The maximum Gasteiger partial charge on any atom is 0.300 e. The summed E-state index contributed by atoms with van der Waals surface area (Å²) < 4.78 is 0. The molecule has 0 heterocycles. The van der Waals surface area contributed by atoms with Crippen molar-refractivity contribution in [3.63, 3.8) is 0 Å². The number of carboxylic acid groups (broad SMARTS) is 4. The monoisotopic (exact) mass is 300 g/mol. The van der Waals surface area contributed by atoms with Crippen LogP contribution in [-0.4, -0.2) is 44.3 Å². The molecule has 0 aromatic heterocycles. The highest BCUT2D eigenvalue weighted by Crippen LogP contribution is 1.43. The molecular weight excluding hydrogens is 276 g/mol. The summed E-state index contributed by atoms with van der Waals surface area (Å²) in [5.74, 6) is -3.33. The third-order valence-electron chi connectivity index (χ3n) is 0. The highest BCUT2D eigenvalue weighted by atomic mass is 16.4. The average molecular weight is 300 g/mol. The van der Waals surface area contributed by atoms with E-state index in [-0.39, 0.29) is 6.15 Å². The molecule has 10 heteroatoms. The Morgan fingerprint density at radius 1 is 0.750 bits per heavy atom. The lowest BCUT2D eigenvalue weighted by molar-refractivity contribution is -0.135. The summed E-state index contributed by atoms with van der Waals surface area (Å²) in [5, 5.41) is 29.7. The number of carbonyl (C=O) groups is 4. The molecule has 20 heavy (non-hydrogen) atoms. The Hall–Kier alpha value is -2.62. The molecule has 0 aromatic rings. The molecular formula is C10H24N2O8. The fraction of sp³-hybridized carbons (Fsp3) is 0.400. The third-order valence-corrected chi connectivity index (χ3v) is 0. The van der Waals surface area contributed by atoms with Gasteiger partial charge in [0.1, 0.15) is 0 Å². The van der Waals surface area contributed by atoms with Gasteiger partial charge in [0.25, 0.3) is 23.9 Å². The quantitative estimate of drug-likeness (QED) is 0.366. The number of hydrogen-bond acceptors (Lipinski definition) is 6. The first kappa shape index (κ1) is 36.0. The van der Waals surface area contributed by atoms with Crippen molar-refractivity contribution < 1.29 is 39.6 Å². The second-order valence-corrected chi connectivity index (χ2v) is 2.31. The van der Waals surface area contributed by atoms with E-state index < -0.39 is 23.9 Å². The molecule has 0 atom stereocenters. The number of carboxylic acids is 4. The van der Waals surface area contributed by atoms with E-state index in [0.717, 1.165) is 27.7 Å². The molecule has 0 aliphatic rings. The maximum atomic E-state index is 9.00. The van der Waals surface area contributed by atoms with Crippen LogP contribution in [0.5, 0.6) is 0 Å². The average Bonchev–Trinajstić information content (AvgIpc) is 1.97. The lowest BCUT2D eigenvalue weighted by Crippen LogP contribution is -1.78. The Bertz CT molecular complexity index is 202. The summed E-state index contributed by atoms with van der Waals surface area (Å²) in [5.41, 5.74) is 4.61. The van der Waals surface area contributed by atoms with Gasteiger partial charge in [-0.1, -0.05) is 6.58 Å². The molecule has 0 aliphatic carbocycles. The molecule has 122 valence electrons. The molecule has 0 saturated heterocycles. The molecule has 0 unspecified atom stereocenters. The zero-order chi connectivity index (χ0) is 17.0. The van der Waals surface area contributed by atoms with Gasteiger partial charge in [-0.05, 0) is 6.20 Å². The molecule has 0 radical (unpaired) electrons.